The molecule has 0 aliphatic carbocycles. The predicted octanol–water partition coefficient (Wildman–Crippen LogP) is 7.76. The van der Waals surface area contributed by atoms with Crippen LogP contribution in [0.25, 0.3) is 34.4 Å². The number of hydrogen-bond acceptors (Lipinski definition) is 2. The molecule has 34 heavy (non-hydrogen) atoms. The zero-order chi connectivity index (χ0) is 24.2. The minimum atomic E-state index is -1.06. The molecule has 0 unspecified atom stereocenters. The largest absolute Gasteiger partial charge is 0.497 e. The molecule has 0 aliphatic heterocycles. The molecule has 2 nitrogen and oxygen atoms in total. The van der Waals surface area contributed by atoms with Crippen molar-refractivity contribution in [3.05, 3.63) is 107 Å². The van der Waals surface area contributed by atoms with Gasteiger partial charge in [0, 0.05) is 16.7 Å². The third kappa shape index (κ3) is 4.53. The summed E-state index contributed by atoms with van der Waals surface area (Å²) >= 11 is 0. The lowest BCUT2D eigenvalue weighted by Gasteiger charge is -2.10. The van der Waals surface area contributed by atoms with Crippen LogP contribution < -0.4 is 9.47 Å². The summed E-state index contributed by atoms with van der Waals surface area (Å²) in [5.74, 6) is -3.52. The molecule has 0 aliphatic rings. The van der Waals surface area contributed by atoms with E-state index < -0.39 is 23.3 Å². The number of halogens is 4. The van der Waals surface area contributed by atoms with Gasteiger partial charge in [0.15, 0.2) is 23.2 Å². The maximum atomic E-state index is 14.9. The zero-order valence-corrected chi connectivity index (χ0v) is 18.4. The lowest BCUT2D eigenvalue weighted by atomic mass is 9.98. The predicted molar refractivity (Wildman–Crippen MR) is 126 cm³/mol. The molecule has 0 spiro atoms. The van der Waals surface area contributed by atoms with Gasteiger partial charge in [-0.3, -0.25) is 0 Å². The Morgan fingerprint density at radius 2 is 1.09 bits per heavy atom. The van der Waals surface area contributed by atoms with Crippen molar-refractivity contribution in [1.82, 2.24) is 0 Å². The Labute approximate surface area is 194 Å². The van der Waals surface area contributed by atoms with Crippen LogP contribution in [0.1, 0.15) is 11.1 Å². The molecule has 4 aromatic rings. The van der Waals surface area contributed by atoms with E-state index in [1.807, 2.05) is 0 Å². The summed E-state index contributed by atoms with van der Waals surface area (Å²) < 4.78 is 67.6. The van der Waals surface area contributed by atoms with Crippen molar-refractivity contribution in [3.63, 3.8) is 0 Å². The maximum Gasteiger partial charge on any atom is 0.201 e. The van der Waals surface area contributed by atoms with Crippen LogP contribution in [0.15, 0.2) is 72.8 Å². The molecule has 6 heteroatoms. The Balaban J connectivity index is 1.57. The molecule has 0 radical (unpaired) electrons. The van der Waals surface area contributed by atoms with Crippen LogP contribution in [0.3, 0.4) is 0 Å². The topological polar surface area (TPSA) is 18.5 Å². The second-order valence-electron chi connectivity index (χ2n) is 7.46. The maximum absolute atomic E-state index is 14.9. The molecule has 0 bridgehead atoms. The normalized spacial score (nSPS) is 11.1. The lowest BCUT2D eigenvalue weighted by Crippen LogP contribution is -1.94. The summed E-state index contributed by atoms with van der Waals surface area (Å²) in [5, 5.41) is 0. The quantitative estimate of drug-likeness (QED) is 0.214. The van der Waals surface area contributed by atoms with Crippen LogP contribution in [0.2, 0.25) is 0 Å². The Kier molecular flexibility index (Phi) is 6.68. The first kappa shape index (κ1) is 23.1. The summed E-state index contributed by atoms with van der Waals surface area (Å²) in [6.45, 7) is 0. The van der Waals surface area contributed by atoms with Gasteiger partial charge in [0.1, 0.15) is 5.75 Å². The third-order valence-corrected chi connectivity index (χ3v) is 5.46. The molecule has 4 rings (SSSR count). The van der Waals surface area contributed by atoms with Crippen molar-refractivity contribution in [2.45, 2.75) is 0 Å². The minimum absolute atomic E-state index is 0.0598. The molecule has 0 heterocycles. The number of benzene rings is 4. The second kappa shape index (κ2) is 9.83. The van der Waals surface area contributed by atoms with Gasteiger partial charge in [0.05, 0.1) is 14.2 Å². The van der Waals surface area contributed by atoms with Crippen LogP contribution in [0.5, 0.6) is 11.5 Å². The molecule has 4 aromatic carbocycles. The fourth-order valence-electron chi connectivity index (χ4n) is 3.56. The average Bonchev–Trinajstić information content (AvgIpc) is 2.87. The second-order valence-corrected chi connectivity index (χ2v) is 7.46. The molecule has 0 fully saturated rings. The van der Waals surface area contributed by atoms with Crippen molar-refractivity contribution < 1.29 is 27.0 Å². The van der Waals surface area contributed by atoms with Crippen LogP contribution in [-0.4, -0.2) is 14.2 Å². The van der Waals surface area contributed by atoms with Gasteiger partial charge in [-0.2, -0.15) is 4.39 Å². The Bertz CT molecular complexity index is 1340. The molecule has 172 valence electrons. The van der Waals surface area contributed by atoms with E-state index >= 15 is 0 Å². The third-order valence-electron chi connectivity index (χ3n) is 5.46. The Morgan fingerprint density at radius 3 is 1.62 bits per heavy atom. The summed E-state index contributed by atoms with van der Waals surface area (Å²) in [7, 11) is 2.79. The molecule has 0 saturated heterocycles. The monoisotopic (exact) mass is 464 g/mol. The van der Waals surface area contributed by atoms with Gasteiger partial charge < -0.3 is 9.47 Å². The van der Waals surface area contributed by atoms with E-state index in [1.165, 1.54) is 44.6 Å². The highest BCUT2D eigenvalue weighted by Crippen LogP contribution is 2.32. The highest BCUT2D eigenvalue weighted by Gasteiger charge is 2.16. The number of methoxy groups -OCH3 is 2. The van der Waals surface area contributed by atoms with E-state index in [4.69, 9.17) is 9.47 Å². The fourth-order valence-corrected chi connectivity index (χ4v) is 3.56. The van der Waals surface area contributed by atoms with Gasteiger partial charge >= 0.3 is 0 Å². The summed E-state index contributed by atoms with van der Waals surface area (Å²) in [6.07, 6.45) is 3.02. The highest BCUT2D eigenvalue weighted by molar-refractivity contribution is 5.75. The number of hydrogen-bond donors (Lipinski definition) is 0. The smallest absolute Gasteiger partial charge is 0.201 e. The first-order valence-corrected chi connectivity index (χ1v) is 10.4. The van der Waals surface area contributed by atoms with E-state index in [1.54, 1.807) is 54.6 Å². The molecule has 0 saturated carbocycles. The van der Waals surface area contributed by atoms with E-state index in [9.17, 15) is 17.6 Å². The van der Waals surface area contributed by atoms with Gasteiger partial charge in [-0.15, -0.1) is 0 Å². The van der Waals surface area contributed by atoms with Crippen molar-refractivity contribution in [2.24, 2.45) is 0 Å². The van der Waals surface area contributed by atoms with Crippen LogP contribution in [0.4, 0.5) is 17.6 Å². The zero-order valence-electron chi connectivity index (χ0n) is 18.4. The van der Waals surface area contributed by atoms with Crippen molar-refractivity contribution in [3.8, 4) is 33.8 Å². The average molecular weight is 464 g/mol. The van der Waals surface area contributed by atoms with Gasteiger partial charge in [0.25, 0.3) is 0 Å². The van der Waals surface area contributed by atoms with Gasteiger partial charge in [0.2, 0.25) is 5.82 Å². The first-order chi connectivity index (χ1) is 16.4. The van der Waals surface area contributed by atoms with Crippen LogP contribution >= 0.6 is 0 Å². The summed E-state index contributed by atoms with van der Waals surface area (Å²) in [4.78, 5) is 0. The van der Waals surface area contributed by atoms with Crippen LogP contribution in [0, 0.1) is 23.3 Å². The summed E-state index contributed by atoms with van der Waals surface area (Å²) in [6, 6.07) is 19.1. The SMILES string of the molecule is COc1ccc(-c2ccc(-c3ccc(/C=C/c4ccc(OC)c(F)c4F)cc3)c(F)c2F)cc1. The highest BCUT2D eigenvalue weighted by atomic mass is 19.2. The molecule has 0 aromatic heterocycles. The lowest BCUT2D eigenvalue weighted by molar-refractivity contribution is 0.371. The van der Waals surface area contributed by atoms with Crippen molar-refractivity contribution in [1.29, 1.82) is 0 Å². The fraction of sp³-hybridized carbons (Fsp3) is 0.0714. The van der Waals surface area contributed by atoms with Crippen molar-refractivity contribution in [2.75, 3.05) is 14.2 Å². The van der Waals surface area contributed by atoms with E-state index in [-0.39, 0.29) is 22.4 Å². The molecule has 0 atom stereocenters. The first-order valence-electron chi connectivity index (χ1n) is 10.4. The molecule has 0 amide bonds. The van der Waals surface area contributed by atoms with E-state index in [0.717, 1.165) is 0 Å². The molecule has 0 N–H and O–H groups in total. The molecular weight excluding hydrogens is 444 g/mol. The van der Waals surface area contributed by atoms with E-state index in [2.05, 4.69) is 0 Å². The summed E-state index contributed by atoms with van der Waals surface area (Å²) in [5.41, 5.74) is 2.02. The standard InChI is InChI=1S/C28H20F4O2/c1-33-21-12-9-19(10-13-21)23-15-14-22(26(30)27(23)31)18-6-3-17(4-7-18)5-8-20-11-16-24(34-2)28(32)25(20)29/h3-16H,1-2H3/b8-5+. The molecular formula is C28H20F4O2. The minimum Gasteiger partial charge on any atom is -0.497 e. The van der Waals surface area contributed by atoms with E-state index in [0.29, 0.717) is 22.4 Å². The Morgan fingerprint density at radius 1 is 0.529 bits per heavy atom. The van der Waals surface area contributed by atoms with Crippen molar-refractivity contribution >= 4 is 12.2 Å². The van der Waals surface area contributed by atoms with Gasteiger partial charge in [-0.25, -0.2) is 13.2 Å². The number of ether oxygens (including phenoxy) is 2. The van der Waals surface area contributed by atoms with Gasteiger partial charge in [-0.05, 0) is 41.0 Å². The van der Waals surface area contributed by atoms with Crippen LogP contribution in [-0.2, 0) is 0 Å². The number of rotatable bonds is 6. The Hall–Kier alpha value is -4.06. The van der Waals surface area contributed by atoms with Gasteiger partial charge in [-0.1, -0.05) is 60.7 Å².